The van der Waals surface area contributed by atoms with Gasteiger partial charge in [-0.15, -0.1) is 0 Å². The summed E-state index contributed by atoms with van der Waals surface area (Å²) < 4.78 is 33.1. The van der Waals surface area contributed by atoms with Crippen molar-refractivity contribution in [2.45, 2.75) is 6.42 Å². The van der Waals surface area contributed by atoms with E-state index in [9.17, 15) is 8.42 Å². The minimum absolute atomic E-state index is 0.183. The summed E-state index contributed by atoms with van der Waals surface area (Å²) in [7, 11) is 1.45. The average Bonchev–Trinajstić information content (AvgIpc) is 2.77. The van der Waals surface area contributed by atoms with Gasteiger partial charge in [-0.3, -0.25) is 0 Å². The van der Waals surface area contributed by atoms with Crippen molar-refractivity contribution in [1.29, 1.82) is 0 Å². The van der Waals surface area contributed by atoms with Gasteiger partial charge in [-0.25, -0.2) is 0 Å². The third kappa shape index (κ3) is 5.26. The molecule has 0 saturated carbocycles. The van der Waals surface area contributed by atoms with Crippen molar-refractivity contribution in [3.8, 4) is 0 Å². The molecule has 1 aromatic carbocycles. The maximum atomic E-state index is 12.5. The van der Waals surface area contributed by atoms with Gasteiger partial charge in [0.25, 0.3) is 10.2 Å². The molecule has 24 heavy (non-hydrogen) atoms. The second-order valence-corrected chi connectivity index (χ2v) is 8.65. The Hall–Kier alpha value is -0.990. The lowest BCUT2D eigenvalue weighted by atomic mass is 10.1. The van der Waals surface area contributed by atoms with Crippen molar-refractivity contribution in [2.24, 2.45) is 5.92 Å². The first-order chi connectivity index (χ1) is 11.4. The number of nitrogens with zero attached hydrogens (tertiary/aromatic N) is 3. The average molecular weight is 356 g/mol. The van der Waals surface area contributed by atoms with Crippen molar-refractivity contribution in [3.63, 3.8) is 0 Å². The van der Waals surface area contributed by atoms with Gasteiger partial charge in [-0.2, -0.15) is 17.0 Å². The standard InChI is InChI=1S/C17H29N3O3S/c1-18(2)24(21,22)20-12-11-19(13-17(14-20)15-23-3)10-9-16-7-5-4-6-8-16/h4-8,17H,9-15H2,1-3H3/t17-/m0/s1. The molecule has 0 amide bonds. The van der Waals surface area contributed by atoms with Gasteiger partial charge in [0.15, 0.2) is 0 Å². The summed E-state index contributed by atoms with van der Waals surface area (Å²) in [6.45, 7) is 4.15. The van der Waals surface area contributed by atoms with Crippen LogP contribution < -0.4 is 0 Å². The molecule has 0 spiro atoms. The molecule has 0 bridgehead atoms. The summed E-state index contributed by atoms with van der Waals surface area (Å²) in [5, 5.41) is 0. The molecular formula is C17H29N3O3S. The Morgan fingerprint density at radius 1 is 1.17 bits per heavy atom. The lowest BCUT2D eigenvalue weighted by Gasteiger charge is -2.25. The molecule has 1 aliphatic rings. The lowest BCUT2D eigenvalue weighted by Crippen LogP contribution is -2.43. The van der Waals surface area contributed by atoms with Crippen LogP contribution in [0.25, 0.3) is 0 Å². The number of methoxy groups -OCH3 is 1. The highest BCUT2D eigenvalue weighted by Crippen LogP contribution is 2.15. The van der Waals surface area contributed by atoms with Crippen LogP contribution >= 0.6 is 0 Å². The minimum Gasteiger partial charge on any atom is -0.384 e. The molecule has 7 heteroatoms. The quantitative estimate of drug-likeness (QED) is 0.730. The van der Waals surface area contributed by atoms with Crippen LogP contribution in [-0.4, -0.2) is 82.5 Å². The van der Waals surface area contributed by atoms with Crippen LogP contribution in [0, 0.1) is 5.92 Å². The molecule has 1 atom stereocenters. The Morgan fingerprint density at radius 2 is 1.88 bits per heavy atom. The molecular weight excluding hydrogens is 326 g/mol. The Morgan fingerprint density at radius 3 is 2.50 bits per heavy atom. The van der Waals surface area contributed by atoms with Gasteiger partial charge >= 0.3 is 0 Å². The van der Waals surface area contributed by atoms with E-state index in [0.717, 1.165) is 26.1 Å². The van der Waals surface area contributed by atoms with Crippen molar-refractivity contribution in [1.82, 2.24) is 13.5 Å². The predicted octanol–water partition coefficient (Wildman–Crippen LogP) is 0.916. The van der Waals surface area contributed by atoms with E-state index in [1.165, 1.54) is 9.87 Å². The highest BCUT2D eigenvalue weighted by molar-refractivity contribution is 7.86. The van der Waals surface area contributed by atoms with Crippen molar-refractivity contribution >= 4 is 10.2 Å². The van der Waals surface area contributed by atoms with E-state index in [1.54, 1.807) is 25.5 Å². The zero-order valence-corrected chi connectivity index (χ0v) is 15.7. The van der Waals surface area contributed by atoms with E-state index in [4.69, 9.17) is 4.74 Å². The first-order valence-corrected chi connectivity index (χ1v) is 9.76. The number of rotatable bonds is 7. The topological polar surface area (TPSA) is 53.1 Å². The predicted molar refractivity (Wildman–Crippen MR) is 96.1 cm³/mol. The van der Waals surface area contributed by atoms with Crippen LogP contribution in [-0.2, 0) is 21.4 Å². The number of hydrogen-bond donors (Lipinski definition) is 0. The van der Waals surface area contributed by atoms with Crippen LogP contribution in [0.5, 0.6) is 0 Å². The fourth-order valence-electron chi connectivity index (χ4n) is 3.06. The van der Waals surface area contributed by atoms with E-state index in [0.29, 0.717) is 19.7 Å². The Labute approximate surface area is 146 Å². The Balaban J connectivity index is 2.02. The molecule has 1 aliphatic heterocycles. The summed E-state index contributed by atoms with van der Waals surface area (Å²) in [4.78, 5) is 2.35. The molecule has 0 N–H and O–H groups in total. The maximum absolute atomic E-state index is 12.5. The van der Waals surface area contributed by atoms with E-state index in [-0.39, 0.29) is 5.92 Å². The van der Waals surface area contributed by atoms with Crippen molar-refractivity contribution in [2.75, 3.05) is 60.5 Å². The lowest BCUT2D eigenvalue weighted by molar-refractivity contribution is 0.127. The first-order valence-electron chi connectivity index (χ1n) is 8.36. The summed E-state index contributed by atoms with van der Waals surface area (Å²) in [6.07, 6.45) is 0.973. The number of benzene rings is 1. The SMILES string of the molecule is COC[C@H]1CN(CCc2ccccc2)CCN(S(=O)(=O)N(C)C)C1. The molecule has 0 unspecified atom stereocenters. The molecule has 136 valence electrons. The highest BCUT2D eigenvalue weighted by atomic mass is 32.2. The van der Waals surface area contributed by atoms with E-state index in [2.05, 4.69) is 29.2 Å². The van der Waals surface area contributed by atoms with E-state index >= 15 is 0 Å². The second-order valence-electron chi connectivity index (χ2n) is 6.51. The van der Waals surface area contributed by atoms with Gasteiger partial charge < -0.3 is 9.64 Å². The minimum atomic E-state index is -3.38. The molecule has 0 aromatic heterocycles. The Bertz CT molecular complexity index is 592. The van der Waals surface area contributed by atoms with E-state index < -0.39 is 10.2 Å². The largest absolute Gasteiger partial charge is 0.384 e. The molecule has 1 saturated heterocycles. The van der Waals surface area contributed by atoms with Crippen LogP contribution in [0.4, 0.5) is 0 Å². The second kappa shape index (κ2) is 8.92. The van der Waals surface area contributed by atoms with Crippen molar-refractivity contribution in [3.05, 3.63) is 35.9 Å². The highest BCUT2D eigenvalue weighted by Gasteiger charge is 2.31. The summed E-state index contributed by atoms with van der Waals surface area (Å²) in [5.41, 5.74) is 1.31. The molecule has 6 nitrogen and oxygen atoms in total. The third-order valence-corrected chi connectivity index (χ3v) is 6.30. The van der Waals surface area contributed by atoms with Crippen LogP contribution in [0.2, 0.25) is 0 Å². The number of hydrogen-bond acceptors (Lipinski definition) is 4. The monoisotopic (exact) mass is 355 g/mol. The fraction of sp³-hybridized carbons (Fsp3) is 0.647. The van der Waals surface area contributed by atoms with Gasteiger partial charge in [0.1, 0.15) is 0 Å². The Kier molecular flexibility index (Phi) is 7.18. The van der Waals surface area contributed by atoms with Crippen LogP contribution in [0.15, 0.2) is 30.3 Å². The van der Waals surface area contributed by atoms with E-state index in [1.807, 2.05) is 6.07 Å². The zero-order valence-electron chi connectivity index (χ0n) is 14.9. The summed E-state index contributed by atoms with van der Waals surface area (Å²) in [6, 6.07) is 10.4. The fourth-order valence-corrected chi connectivity index (χ4v) is 4.24. The molecule has 0 radical (unpaired) electrons. The van der Waals surface area contributed by atoms with Crippen LogP contribution in [0.1, 0.15) is 5.56 Å². The number of ether oxygens (including phenoxy) is 1. The van der Waals surface area contributed by atoms with Gasteiger partial charge in [-0.05, 0) is 12.0 Å². The molecule has 2 rings (SSSR count). The molecule has 1 heterocycles. The smallest absolute Gasteiger partial charge is 0.281 e. The maximum Gasteiger partial charge on any atom is 0.281 e. The van der Waals surface area contributed by atoms with Crippen LogP contribution in [0.3, 0.4) is 0 Å². The molecule has 1 fully saturated rings. The molecule has 1 aromatic rings. The summed E-state index contributed by atoms with van der Waals surface area (Å²) >= 11 is 0. The van der Waals surface area contributed by atoms with Crippen molar-refractivity contribution < 1.29 is 13.2 Å². The zero-order chi connectivity index (χ0) is 17.6. The van der Waals surface area contributed by atoms with Gasteiger partial charge in [0.05, 0.1) is 6.61 Å². The normalized spacial score (nSPS) is 21.1. The first kappa shape index (κ1) is 19.3. The molecule has 0 aliphatic carbocycles. The summed E-state index contributed by atoms with van der Waals surface area (Å²) in [5.74, 6) is 0.183. The van der Waals surface area contributed by atoms with Gasteiger partial charge in [0, 0.05) is 59.8 Å². The third-order valence-electron chi connectivity index (χ3n) is 4.39. The van der Waals surface area contributed by atoms with Gasteiger partial charge in [-0.1, -0.05) is 30.3 Å². The van der Waals surface area contributed by atoms with Gasteiger partial charge in [0.2, 0.25) is 0 Å².